The highest BCUT2D eigenvalue weighted by Gasteiger charge is 2.58. The molecule has 1 aliphatic carbocycles. The molecule has 0 spiro atoms. The van der Waals surface area contributed by atoms with E-state index in [1.807, 2.05) is 6.07 Å². The number of rotatable bonds is 3. The molecule has 0 aromatic heterocycles. The highest BCUT2D eigenvalue weighted by atomic mass is 19.4. The topological polar surface area (TPSA) is 0 Å². The number of allylic oxidation sites excluding steroid dienone is 5. The second-order valence-electron chi connectivity index (χ2n) is 5.34. The zero-order valence-electron chi connectivity index (χ0n) is 12.4. The van der Waals surface area contributed by atoms with E-state index in [2.05, 4.69) is 18.4 Å². The fourth-order valence-corrected chi connectivity index (χ4v) is 2.40. The van der Waals surface area contributed by atoms with Crippen molar-refractivity contribution in [2.45, 2.75) is 25.2 Å². The van der Waals surface area contributed by atoms with Crippen LogP contribution in [-0.4, -0.2) is 12.3 Å². The van der Waals surface area contributed by atoms with E-state index in [0.29, 0.717) is 0 Å². The highest BCUT2D eigenvalue weighted by Crippen LogP contribution is 2.49. The van der Waals surface area contributed by atoms with Crippen LogP contribution in [0, 0.1) is 17.3 Å². The Kier molecular flexibility index (Phi) is 5.10. The zero-order chi connectivity index (χ0) is 16.9. The van der Waals surface area contributed by atoms with Gasteiger partial charge in [0.05, 0.1) is 0 Å². The molecular formula is C19H16F4. The van der Waals surface area contributed by atoms with Crippen molar-refractivity contribution >= 4 is 0 Å². The van der Waals surface area contributed by atoms with E-state index in [1.165, 1.54) is 12.2 Å². The maximum Gasteiger partial charge on any atom is 0.400 e. The molecule has 23 heavy (non-hydrogen) atoms. The molecule has 1 aliphatic rings. The molecule has 2 atom stereocenters. The van der Waals surface area contributed by atoms with Crippen LogP contribution in [-0.2, 0) is 0 Å². The quantitative estimate of drug-likeness (QED) is 0.398. The van der Waals surface area contributed by atoms with Crippen molar-refractivity contribution in [1.82, 2.24) is 0 Å². The molecule has 0 fully saturated rings. The molecule has 0 aliphatic heterocycles. The van der Waals surface area contributed by atoms with E-state index in [-0.39, 0.29) is 18.4 Å². The maximum atomic E-state index is 14.3. The number of halogens is 4. The van der Waals surface area contributed by atoms with Crippen LogP contribution in [0.1, 0.15) is 18.4 Å². The summed E-state index contributed by atoms with van der Waals surface area (Å²) in [6.45, 7) is 3.41. The predicted octanol–water partition coefficient (Wildman–Crippen LogP) is 5.39. The molecular weight excluding hydrogens is 304 g/mol. The zero-order valence-corrected chi connectivity index (χ0v) is 12.4. The van der Waals surface area contributed by atoms with Gasteiger partial charge in [-0.2, -0.15) is 13.2 Å². The Morgan fingerprint density at radius 3 is 2.43 bits per heavy atom. The molecule has 0 heterocycles. The third-order valence-corrected chi connectivity index (χ3v) is 3.79. The number of hydrogen-bond acceptors (Lipinski definition) is 0. The van der Waals surface area contributed by atoms with Crippen molar-refractivity contribution in [2.24, 2.45) is 5.41 Å². The van der Waals surface area contributed by atoms with Crippen LogP contribution in [0.2, 0.25) is 0 Å². The van der Waals surface area contributed by atoms with Crippen LogP contribution >= 0.6 is 0 Å². The van der Waals surface area contributed by atoms with Crippen LogP contribution < -0.4 is 0 Å². The van der Waals surface area contributed by atoms with Gasteiger partial charge in [0, 0.05) is 11.1 Å². The van der Waals surface area contributed by atoms with Crippen LogP contribution in [0.4, 0.5) is 17.6 Å². The number of alkyl halides is 4. The average molecular weight is 320 g/mol. The van der Waals surface area contributed by atoms with Crippen molar-refractivity contribution in [1.29, 1.82) is 0 Å². The lowest BCUT2D eigenvalue weighted by Gasteiger charge is -2.36. The van der Waals surface area contributed by atoms with Gasteiger partial charge in [-0.15, -0.1) is 6.58 Å². The van der Waals surface area contributed by atoms with Crippen molar-refractivity contribution in [3.8, 4) is 11.8 Å². The van der Waals surface area contributed by atoms with E-state index in [4.69, 9.17) is 0 Å². The Bertz CT molecular complexity index is 671. The summed E-state index contributed by atoms with van der Waals surface area (Å²) < 4.78 is 54.4. The average Bonchev–Trinajstić information content (AvgIpc) is 2.52. The van der Waals surface area contributed by atoms with Crippen molar-refractivity contribution < 1.29 is 17.6 Å². The van der Waals surface area contributed by atoms with Gasteiger partial charge in [-0.25, -0.2) is 4.39 Å². The first-order chi connectivity index (χ1) is 10.9. The lowest BCUT2D eigenvalue weighted by Crippen LogP contribution is -2.44. The molecule has 4 heteroatoms. The third-order valence-electron chi connectivity index (χ3n) is 3.79. The van der Waals surface area contributed by atoms with Crippen molar-refractivity contribution in [2.75, 3.05) is 0 Å². The molecule has 2 unspecified atom stereocenters. The minimum atomic E-state index is -4.67. The number of hydrogen-bond donors (Lipinski definition) is 0. The first kappa shape index (κ1) is 17.1. The molecule has 120 valence electrons. The Hall–Kier alpha value is -2.28. The largest absolute Gasteiger partial charge is 0.400 e. The minimum Gasteiger partial charge on any atom is -0.242 e. The summed E-state index contributed by atoms with van der Waals surface area (Å²) in [7, 11) is 0. The van der Waals surface area contributed by atoms with Crippen molar-refractivity contribution in [3.63, 3.8) is 0 Å². The Morgan fingerprint density at radius 1 is 1.17 bits per heavy atom. The van der Waals surface area contributed by atoms with Gasteiger partial charge >= 0.3 is 6.18 Å². The smallest absolute Gasteiger partial charge is 0.242 e. The molecule has 0 amide bonds. The van der Waals surface area contributed by atoms with E-state index in [9.17, 15) is 17.6 Å². The Labute approximate surface area is 133 Å². The SMILES string of the molecule is C=CCCC1(C(F)(F)F)C=CC(C#Cc2ccccc2)=CC1F. The lowest BCUT2D eigenvalue weighted by atomic mass is 9.74. The summed E-state index contributed by atoms with van der Waals surface area (Å²) in [5.41, 5.74) is -1.53. The standard InChI is InChI=1S/C19H16F4/c1-2-3-12-18(19(21,22)23)13-11-16(14-17(18)20)10-9-15-7-5-4-6-8-15/h2,4-8,11,13-14,17H,1,3,12H2. The molecule has 0 saturated carbocycles. The molecule has 1 aromatic rings. The molecule has 1 aromatic carbocycles. The summed E-state index contributed by atoms with van der Waals surface area (Å²) in [6.07, 6.45) is -2.64. The van der Waals surface area contributed by atoms with Crippen LogP contribution in [0.25, 0.3) is 0 Å². The summed E-state index contributed by atoms with van der Waals surface area (Å²) in [5, 5.41) is 0. The van der Waals surface area contributed by atoms with Gasteiger partial charge in [0.25, 0.3) is 0 Å². The first-order valence-corrected chi connectivity index (χ1v) is 7.19. The Morgan fingerprint density at radius 2 is 1.87 bits per heavy atom. The second kappa shape index (κ2) is 6.87. The molecule has 0 N–H and O–H groups in total. The van der Waals surface area contributed by atoms with E-state index in [1.54, 1.807) is 24.3 Å². The van der Waals surface area contributed by atoms with Gasteiger partial charge in [-0.1, -0.05) is 42.2 Å². The van der Waals surface area contributed by atoms with Crippen LogP contribution in [0.15, 0.2) is 66.8 Å². The third kappa shape index (κ3) is 3.73. The number of benzene rings is 1. The van der Waals surface area contributed by atoms with Gasteiger partial charge < -0.3 is 0 Å². The second-order valence-corrected chi connectivity index (χ2v) is 5.34. The monoisotopic (exact) mass is 320 g/mol. The fourth-order valence-electron chi connectivity index (χ4n) is 2.40. The molecule has 0 radical (unpaired) electrons. The molecule has 0 saturated heterocycles. The van der Waals surface area contributed by atoms with Gasteiger partial charge in [0.15, 0.2) is 0 Å². The van der Waals surface area contributed by atoms with Gasteiger partial charge in [-0.3, -0.25) is 0 Å². The van der Waals surface area contributed by atoms with Crippen LogP contribution in [0.3, 0.4) is 0 Å². The minimum absolute atomic E-state index is 0.0864. The summed E-state index contributed by atoms with van der Waals surface area (Å²) >= 11 is 0. The van der Waals surface area contributed by atoms with E-state index in [0.717, 1.165) is 17.7 Å². The van der Waals surface area contributed by atoms with Gasteiger partial charge in [-0.05, 0) is 37.1 Å². The van der Waals surface area contributed by atoms with E-state index < -0.39 is 17.8 Å². The van der Waals surface area contributed by atoms with Gasteiger partial charge in [0.2, 0.25) is 0 Å². The van der Waals surface area contributed by atoms with Crippen molar-refractivity contribution in [3.05, 3.63) is 72.4 Å². The van der Waals surface area contributed by atoms with E-state index >= 15 is 0 Å². The summed E-state index contributed by atoms with van der Waals surface area (Å²) in [6, 6.07) is 8.99. The summed E-state index contributed by atoms with van der Waals surface area (Å²) in [5.74, 6) is 5.52. The highest BCUT2D eigenvalue weighted by molar-refractivity contribution is 5.48. The normalized spacial score (nSPS) is 23.7. The lowest BCUT2D eigenvalue weighted by molar-refractivity contribution is -0.222. The maximum absolute atomic E-state index is 14.3. The van der Waals surface area contributed by atoms with Crippen LogP contribution in [0.5, 0.6) is 0 Å². The summed E-state index contributed by atoms with van der Waals surface area (Å²) in [4.78, 5) is 0. The first-order valence-electron chi connectivity index (χ1n) is 7.19. The Balaban J connectivity index is 2.26. The molecule has 0 nitrogen and oxygen atoms in total. The van der Waals surface area contributed by atoms with Gasteiger partial charge in [0.1, 0.15) is 11.6 Å². The predicted molar refractivity (Wildman–Crippen MR) is 83.4 cm³/mol. The molecule has 0 bridgehead atoms. The molecule has 2 rings (SSSR count). The fraction of sp³-hybridized carbons (Fsp3) is 0.263.